The quantitative estimate of drug-likeness (QED) is 0.301. The number of ether oxygens (including phenoxy) is 6. The largest absolute Gasteiger partial charge is 0.486 e. The lowest BCUT2D eigenvalue weighted by Crippen LogP contribution is -2.55. The van der Waals surface area contributed by atoms with Crippen LogP contribution < -0.4 is 29.5 Å². The van der Waals surface area contributed by atoms with Gasteiger partial charge in [-0.3, -0.25) is 0 Å². The van der Waals surface area contributed by atoms with Crippen molar-refractivity contribution < 1.29 is 38.3 Å². The van der Waals surface area contributed by atoms with E-state index in [1.165, 1.54) is 11.8 Å². The minimum Gasteiger partial charge on any atom is -0.486 e. The molecule has 0 aromatic carbocycles. The van der Waals surface area contributed by atoms with Crippen LogP contribution in [0.3, 0.4) is 0 Å². The number of nitrogens with one attached hydrogen (secondary N) is 1. The molecule has 4 saturated heterocycles. The number of aliphatic hydroxyl groups excluding tert-OH is 1. The van der Waals surface area contributed by atoms with E-state index in [2.05, 4.69) is 52.6 Å². The third kappa shape index (κ3) is 8.85. The van der Waals surface area contributed by atoms with E-state index in [4.69, 9.17) is 38.4 Å². The van der Waals surface area contributed by atoms with Crippen LogP contribution in [0.15, 0.2) is 40.6 Å². The number of anilines is 3. The SMILES string of the molecule is CO[C@H]1C[C@H]2COc3c(I)ccnc3N2C1.CO[C@H]1C[C@H]2COc3c(Sc4cnc(N5CCC6(CC5)CO[C@@H](C)[C@H]6NC(=O)OC(C)(C)C)c(CO)n4)ccnc3N2C1. The molecule has 9 heterocycles. The van der Waals surface area contributed by atoms with E-state index in [-0.39, 0.29) is 36.3 Å². The molecule has 0 aliphatic carbocycles. The second-order valence-electron chi connectivity index (χ2n) is 17.1. The number of hydrogen-bond acceptors (Lipinski definition) is 16. The predicted octanol–water partition coefficient (Wildman–Crippen LogP) is 5.07. The van der Waals surface area contributed by atoms with Crippen LogP contribution in [-0.4, -0.2) is 133 Å². The Balaban J connectivity index is 0.000000251. The molecule has 59 heavy (non-hydrogen) atoms. The van der Waals surface area contributed by atoms with Crippen molar-refractivity contribution in [1.29, 1.82) is 0 Å². The molecule has 6 aliphatic rings. The standard InChI is InChI=1S/C30H42N6O6S.C11H13IN2O2/c1-18-25(34-28(38)42-29(2,3)4)30(17-41-18)7-10-35(11-8-30)26-21(15-37)33-23(13-32-26)43-22-6-9-31-27-24(22)40-16-19-12-20(39-5)14-36(19)27;1-15-8-4-7-6-16-10-9(12)2-3-13-11(10)14(7)5-8/h6,9,13,18-20,25,37H,7-8,10-12,14-17H2,1-5H3,(H,34,38);2-3,7-8H,4-6H2,1H3/t18-,19-,20-,25+;7-,8-/m00/s1. The number of rotatable bonds is 7. The summed E-state index contributed by atoms with van der Waals surface area (Å²) < 4.78 is 35.7. The van der Waals surface area contributed by atoms with E-state index in [0.717, 1.165) is 77.0 Å². The van der Waals surface area contributed by atoms with E-state index in [0.29, 0.717) is 55.0 Å². The highest BCUT2D eigenvalue weighted by atomic mass is 127. The van der Waals surface area contributed by atoms with Gasteiger partial charge in [-0.15, -0.1) is 0 Å². The zero-order valence-electron chi connectivity index (χ0n) is 34.6. The number of methoxy groups -OCH3 is 2. The summed E-state index contributed by atoms with van der Waals surface area (Å²) in [4.78, 5) is 38.9. The van der Waals surface area contributed by atoms with Crippen LogP contribution in [0.1, 0.15) is 59.1 Å². The van der Waals surface area contributed by atoms with E-state index >= 15 is 0 Å². The first-order chi connectivity index (χ1) is 28.4. The lowest BCUT2D eigenvalue weighted by Gasteiger charge is -2.43. The summed E-state index contributed by atoms with van der Waals surface area (Å²) >= 11 is 3.75. The Kier molecular flexibility index (Phi) is 12.5. The van der Waals surface area contributed by atoms with Crippen molar-refractivity contribution in [2.45, 2.75) is 112 Å². The molecule has 2 N–H and O–H groups in total. The third-order valence-corrected chi connectivity index (χ3v) is 13.9. The van der Waals surface area contributed by atoms with Crippen molar-refractivity contribution in [3.63, 3.8) is 0 Å². The van der Waals surface area contributed by atoms with Gasteiger partial charge in [0.05, 0.1) is 64.3 Å². The number of carbonyl (C=O) groups excluding carboxylic acids is 1. The molecule has 0 bridgehead atoms. The molecule has 6 atom stereocenters. The third-order valence-electron chi connectivity index (χ3n) is 12.1. The van der Waals surface area contributed by atoms with Crippen molar-refractivity contribution in [2.24, 2.45) is 5.41 Å². The highest BCUT2D eigenvalue weighted by Gasteiger charge is 2.51. The Morgan fingerprint density at radius 3 is 2.22 bits per heavy atom. The van der Waals surface area contributed by atoms with Crippen molar-refractivity contribution in [1.82, 2.24) is 25.3 Å². The fourth-order valence-electron chi connectivity index (χ4n) is 9.12. The average Bonchev–Trinajstić information content (AvgIpc) is 3.94. The molecule has 18 heteroatoms. The lowest BCUT2D eigenvalue weighted by molar-refractivity contribution is 0.0434. The summed E-state index contributed by atoms with van der Waals surface area (Å²) in [6.45, 7) is 12.4. The average molecular weight is 947 g/mol. The normalized spacial score (nSPS) is 26.5. The summed E-state index contributed by atoms with van der Waals surface area (Å²) in [6, 6.07) is 4.44. The monoisotopic (exact) mass is 946 g/mol. The second-order valence-corrected chi connectivity index (χ2v) is 19.3. The maximum atomic E-state index is 12.6. The van der Waals surface area contributed by atoms with E-state index in [1.807, 2.05) is 46.0 Å². The molecule has 1 amide bonds. The van der Waals surface area contributed by atoms with Gasteiger partial charge in [0.25, 0.3) is 0 Å². The summed E-state index contributed by atoms with van der Waals surface area (Å²) in [5.74, 6) is 4.17. The molecule has 320 valence electrons. The van der Waals surface area contributed by atoms with Crippen molar-refractivity contribution in [3.8, 4) is 11.5 Å². The first-order valence-corrected chi connectivity index (χ1v) is 22.3. The smallest absolute Gasteiger partial charge is 0.407 e. The van der Waals surface area contributed by atoms with Gasteiger partial charge in [0.15, 0.2) is 29.0 Å². The fraction of sp³-hybridized carbons (Fsp3) is 0.634. The number of alkyl carbamates (subject to hydrolysis) is 1. The summed E-state index contributed by atoms with van der Waals surface area (Å²) in [5, 5.41) is 14.1. The van der Waals surface area contributed by atoms with Gasteiger partial charge >= 0.3 is 6.09 Å². The van der Waals surface area contributed by atoms with Crippen LogP contribution in [-0.2, 0) is 25.6 Å². The number of carbonyl (C=O) groups is 1. The molecule has 9 rings (SSSR count). The molecule has 0 unspecified atom stereocenters. The van der Waals surface area contributed by atoms with E-state index < -0.39 is 11.7 Å². The maximum absolute atomic E-state index is 12.6. The zero-order valence-corrected chi connectivity index (χ0v) is 37.5. The minimum atomic E-state index is -0.568. The van der Waals surface area contributed by atoms with Gasteiger partial charge in [-0.1, -0.05) is 11.8 Å². The van der Waals surface area contributed by atoms with Gasteiger partial charge in [0, 0.05) is 58.2 Å². The van der Waals surface area contributed by atoms with Crippen LogP contribution in [0.2, 0.25) is 0 Å². The molecule has 3 aromatic heterocycles. The van der Waals surface area contributed by atoms with Gasteiger partial charge < -0.3 is 53.5 Å². The number of amides is 1. The summed E-state index contributed by atoms with van der Waals surface area (Å²) in [7, 11) is 3.52. The molecular formula is C41H55IN8O8S. The minimum absolute atomic E-state index is 0.108. The lowest BCUT2D eigenvalue weighted by atomic mass is 9.73. The molecule has 1 spiro atoms. The predicted molar refractivity (Wildman–Crippen MR) is 230 cm³/mol. The first-order valence-electron chi connectivity index (χ1n) is 20.4. The topological polar surface area (TPSA) is 166 Å². The number of piperidine rings is 1. The Morgan fingerprint density at radius 1 is 0.966 bits per heavy atom. The molecule has 4 fully saturated rings. The Bertz CT molecular complexity index is 1990. The molecule has 0 radical (unpaired) electrons. The van der Waals surface area contributed by atoms with E-state index in [1.54, 1.807) is 26.6 Å². The number of aromatic nitrogens is 4. The number of fused-ring (bicyclic) bond motifs is 6. The Morgan fingerprint density at radius 2 is 1.59 bits per heavy atom. The van der Waals surface area contributed by atoms with Crippen molar-refractivity contribution in [2.75, 3.05) is 74.9 Å². The second kappa shape index (κ2) is 17.5. The van der Waals surface area contributed by atoms with Crippen molar-refractivity contribution >= 4 is 57.9 Å². The van der Waals surface area contributed by atoms with Gasteiger partial charge in [-0.2, -0.15) is 0 Å². The summed E-state index contributed by atoms with van der Waals surface area (Å²) in [6.07, 6.45) is 8.91. The van der Waals surface area contributed by atoms with Crippen LogP contribution in [0.5, 0.6) is 11.5 Å². The van der Waals surface area contributed by atoms with Crippen molar-refractivity contribution in [3.05, 3.63) is 40.0 Å². The summed E-state index contributed by atoms with van der Waals surface area (Å²) in [5.41, 5.74) is -0.221. The molecular weight excluding hydrogens is 891 g/mol. The molecule has 16 nitrogen and oxygen atoms in total. The van der Waals surface area contributed by atoms with Crippen LogP contribution in [0.4, 0.5) is 22.2 Å². The number of pyridine rings is 2. The highest BCUT2D eigenvalue weighted by molar-refractivity contribution is 14.1. The van der Waals surface area contributed by atoms with E-state index in [9.17, 15) is 9.90 Å². The number of aliphatic hydroxyl groups is 1. The molecule has 3 aromatic rings. The van der Waals surface area contributed by atoms with Gasteiger partial charge in [-0.25, -0.2) is 24.7 Å². The first kappa shape index (κ1) is 42.3. The number of halogens is 1. The van der Waals surface area contributed by atoms with Gasteiger partial charge in [0.1, 0.15) is 29.5 Å². The Hall–Kier alpha value is -3.43. The number of hydrogen-bond donors (Lipinski definition) is 2. The fourth-order valence-corrected chi connectivity index (χ4v) is 10.5. The van der Waals surface area contributed by atoms with Crippen LogP contribution >= 0.6 is 34.4 Å². The molecule has 0 saturated carbocycles. The molecule has 6 aliphatic heterocycles. The van der Waals surface area contributed by atoms with Crippen LogP contribution in [0.25, 0.3) is 0 Å². The Labute approximate surface area is 363 Å². The van der Waals surface area contributed by atoms with Crippen LogP contribution in [0, 0.1) is 8.99 Å². The highest BCUT2D eigenvalue weighted by Crippen LogP contribution is 2.46. The maximum Gasteiger partial charge on any atom is 0.407 e. The zero-order chi connectivity index (χ0) is 41.5. The van der Waals surface area contributed by atoms with Gasteiger partial charge in [-0.05, 0) is 88.1 Å². The van der Waals surface area contributed by atoms with Gasteiger partial charge in [0.2, 0.25) is 0 Å². The number of nitrogens with zero attached hydrogens (tertiary/aromatic N) is 7.